The third-order valence-corrected chi connectivity index (χ3v) is 6.43. The fourth-order valence-electron chi connectivity index (χ4n) is 4.20. The van der Waals surface area contributed by atoms with Crippen molar-refractivity contribution in [1.29, 1.82) is 0 Å². The highest BCUT2D eigenvalue weighted by atomic mass is 19.1. The van der Waals surface area contributed by atoms with Crippen LogP contribution in [0, 0.1) is 11.6 Å². The van der Waals surface area contributed by atoms with E-state index in [0.717, 1.165) is 12.8 Å². The first-order valence-corrected chi connectivity index (χ1v) is 11.4. The highest BCUT2D eigenvalue weighted by molar-refractivity contribution is 5.53. The van der Waals surface area contributed by atoms with Crippen LogP contribution in [0.15, 0.2) is 43.0 Å². The van der Waals surface area contributed by atoms with Crippen LogP contribution in [0.25, 0.3) is 5.69 Å². The molecular formula is C23H27F2N7O2. The molecule has 1 saturated heterocycles. The van der Waals surface area contributed by atoms with Gasteiger partial charge in [0, 0.05) is 43.6 Å². The Hall–Kier alpha value is -3.15. The first-order valence-electron chi connectivity index (χ1n) is 11.4. The summed E-state index contributed by atoms with van der Waals surface area (Å²) in [6.07, 6.45) is 5.66. The van der Waals surface area contributed by atoms with E-state index in [-0.39, 0.29) is 37.3 Å². The molecule has 1 aromatic carbocycles. The van der Waals surface area contributed by atoms with Crippen molar-refractivity contribution in [1.82, 2.24) is 25.1 Å². The first-order chi connectivity index (χ1) is 16.4. The Morgan fingerprint density at radius 3 is 2.82 bits per heavy atom. The fourth-order valence-corrected chi connectivity index (χ4v) is 4.20. The maximum Gasteiger partial charge on any atom is 0.207 e. The molecule has 0 spiro atoms. The highest BCUT2D eigenvalue weighted by Gasteiger charge is 2.38. The molecule has 9 nitrogen and oxygen atoms in total. The van der Waals surface area contributed by atoms with Crippen molar-refractivity contribution in [2.45, 2.75) is 43.6 Å². The van der Waals surface area contributed by atoms with Crippen molar-refractivity contribution in [3.63, 3.8) is 0 Å². The quantitative estimate of drug-likeness (QED) is 0.392. The maximum atomic E-state index is 15.4. The third kappa shape index (κ3) is 4.59. The molecule has 0 unspecified atom stereocenters. The second-order valence-electron chi connectivity index (χ2n) is 8.87. The summed E-state index contributed by atoms with van der Waals surface area (Å²) in [6.45, 7) is 0.899. The van der Waals surface area contributed by atoms with Crippen molar-refractivity contribution in [2.75, 3.05) is 29.9 Å². The summed E-state index contributed by atoms with van der Waals surface area (Å²) in [5.74, 6) is -1.07. The van der Waals surface area contributed by atoms with E-state index in [2.05, 4.69) is 25.7 Å². The Bertz CT molecular complexity index is 1140. The molecule has 2 fully saturated rings. The van der Waals surface area contributed by atoms with Crippen LogP contribution in [0.5, 0.6) is 0 Å². The average Bonchev–Trinajstić information content (AvgIpc) is 3.52. The molecule has 3 aromatic rings. The Morgan fingerprint density at radius 1 is 1.26 bits per heavy atom. The fraction of sp³-hybridized carbons (Fsp3) is 0.435. The van der Waals surface area contributed by atoms with Gasteiger partial charge in [0.15, 0.2) is 11.6 Å². The highest BCUT2D eigenvalue weighted by Crippen LogP contribution is 2.35. The lowest BCUT2D eigenvalue weighted by Crippen LogP contribution is -2.57. The van der Waals surface area contributed by atoms with Gasteiger partial charge in [0.1, 0.15) is 17.7 Å². The lowest BCUT2D eigenvalue weighted by molar-refractivity contribution is -0.0821. The monoisotopic (exact) mass is 471 g/mol. The number of β-amino-alcohol motifs (C(OH)–C–C–N with tert-alkyl or cyclic N) is 1. The van der Waals surface area contributed by atoms with Gasteiger partial charge in [-0.05, 0) is 44.0 Å². The van der Waals surface area contributed by atoms with Crippen molar-refractivity contribution in [3.8, 4) is 5.69 Å². The predicted molar refractivity (Wildman–Crippen MR) is 122 cm³/mol. The Morgan fingerprint density at radius 2 is 2.12 bits per heavy atom. The number of anilines is 2. The Kier molecular flexibility index (Phi) is 6.15. The molecule has 2 aliphatic rings. The molecule has 2 atom stereocenters. The lowest BCUT2D eigenvalue weighted by Gasteiger charge is -2.37. The number of hydrogen-bond donors (Lipinski definition) is 4. The summed E-state index contributed by atoms with van der Waals surface area (Å²) in [5, 5.41) is 30.8. The number of nitrogens with one attached hydrogen (secondary N) is 2. The molecule has 3 heterocycles. The van der Waals surface area contributed by atoms with Crippen LogP contribution in [0.4, 0.5) is 20.4 Å². The average molecular weight is 472 g/mol. The van der Waals surface area contributed by atoms with Gasteiger partial charge in [0.2, 0.25) is 5.82 Å². The second kappa shape index (κ2) is 9.24. The number of piperidine rings is 1. The van der Waals surface area contributed by atoms with Gasteiger partial charge in [0.25, 0.3) is 0 Å². The van der Waals surface area contributed by atoms with Crippen molar-refractivity contribution in [3.05, 3.63) is 60.2 Å². The van der Waals surface area contributed by atoms with E-state index in [1.807, 2.05) is 0 Å². The van der Waals surface area contributed by atoms with Gasteiger partial charge in [-0.25, -0.2) is 19.0 Å². The van der Waals surface area contributed by atoms with Gasteiger partial charge >= 0.3 is 0 Å². The summed E-state index contributed by atoms with van der Waals surface area (Å²) >= 11 is 0. The summed E-state index contributed by atoms with van der Waals surface area (Å²) < 4.78 is 31.9. The van der Waals surface area contributed by atoms with Crippen LogP contribution in [-0.4, -0.2) is 67.3 Å². The van der Waals surface area contributed by atoms with Gasteiger partial charge in [-0.15, -0.1) is 0 Å². The van der Waals surface area contributed by atoms with E-state index in [9.17, 15) is 14.6 Å². The zero-order valence-corrected chi connectivity index (χ0v) is 18.5. The molecule has 5 rings (SSSR count). The number of aromatic nitrogens is 4. The molecule has 2 aromatic heterocycles. The molecule has 34 heavy (non-hydrogen) atoms. The molecule has 0 bridgehead atoms. The zero-order chi connectivity index (χ0) is 23.7. The summed E-state index contributed by atoms with van der Waals surface area (Å²) in [6, 6.07) is 6.66. The number of aliphatic hydroxyl groups is 2. The van der Waals surface area contributed by atoms with Gasteiger partial charge < -0.3 is 25.7 Å². The van der Waals surface area contributed by atoms with E-state index in [1.54, 1.807) is 40.2 Å². The van der Waals surface area contributed by atoms with Crippen LogP contribution in [-0.2, 0) is 6.54 Å². The minimum atomic E-state index is -1.39. The van der Waals surface area contributed by atoms with Crippen LogP contribution in [0.2, 0.25) is 0 Å². The van der Waals surface area contributed by atoms with E-state index in [4.69, 9.17) is 0 Å². The maximum absolute atomic E-state index is 15.4. The standard InChI is InChI=1S/C23H27F2N7O2/c24-18-10-17(32-9-1-7-30-32)3-2-15(18)12-31(16-4-5-16)22-20(25)21(28-14-29-22)27-13-23(34)6-8-26-11-19(23)33/h1-3,7,9-10,14,16,19,26,33-34H,4-6,8,11-13H2,(H,27,28,29)/t19-,23-/m0/s1. The molecule has 11 heteroatoms. The molecule has 0 amide bonds. The Labute approximate surface area is 195 Å². The summed E-state index contributed by atoms with van der Waals surface area (Å²) in [5.41, 5.74) is -0.372. The van der Waals surface area contributed by atoms with Gasteiger partial charge in [0.05, 0.1) is 11.8 Å². The number of halogens is 2. The van der Waals surface area contributed by atoms with Gasteiger partial charge in [-0.2, -0.15) is 9.49 Å². The number of hydrogen-bond acceptors (Lipinski definition) is 8. The minimum Gasteiger partial charge on any atom is -0.389 e. The number of benzene rings is 1. The number of rotatable bonds is 8. The van der Waals surface area contributed by atoms with Gasteiger partial charge in [-0.1, -0.05) is 6.07 Å². The topological polar surface area (TPSA) is 111 Å². The van der Waals surface area contributed by atoms with Crippen molar-refractivity contribution < 1.29 is 19.0 Å². The van der Waals surface area contributed by atoms with E-state index < -0.39 is 23.3 Å². The number of nitrogens with zero attached hydrogens (tertiary/aromatic N) is 5. The molecule has 1 saturated carbocycles. The molecule has 4 N–H and O–H groups in total. The van der Waals surface area contributed by atoms with E-state index >= 15 is 4.39 Å². The lowest BCUT2D eigenvalue weighted by atomic mass is 9.89. The molecule has 1 aliphatic carbocycles. The SMILES string of the molecule is O[C@H]1CNCC[C@]1(O)CNc1ncnc(N(Cc2ccc(-n3cccn3)cc2F)C2CC2)c1F. The van der Waals surface area contributed by atoms with E-state index in [0.29, 0.717) is 24.2 Å². The predicted octanol–water partition coefficient (Wildman–Crippen LogP) is 1.61. The molecular weight excluding hydrogens is 444 g/mol. The smallest absolute Gasteiger partial charge is 0.207 e. The van der Waals surface area contributed by atoms with Crippen LogP contribution in [0.3, 0.4) is 0 Å². The van der Waals surface area contributed by atoms with E-state index in [1.165, 1.54) is 12.4 Å². The summed E-state index contributed by atoms with van der Waals surface area (Å²) in [4.78, 5) is 9.90. The number of aliphatic hydroxyl groups excluding tert-OH is 1. The normalized spacial score (nSPS) is 22.5. The Balaban J connectivity index is 1.35. The third-order valence-electron chi connectivity index (χ3n) is 6.43. The second-order valence-corrected chi connectivity index (χ2v) is 8.87. The minimum absolute atomic E-state index is 0.0536. The summed E-state index contributed by atoms with van der Waals surface area (Å²) in [7, 11) is 0. The molecule has 180 valence electrons. The van der Waals surface area contributed by atoms with Crippen molar-refractivity contribution in [2.24, 2.45) is 0 Å². The van der Waals surface area contributed by atoms with Crippen LogP contribution in [0.1, 0.15) is 24.8 Å². The molecule has 0 radical (unpaired) electrons. The first kappa shape index (κ1) is 22.6. The van der Waals surface area contributed by atoms with Gasteiger partial charge in [-0.3, -0.25) is 0 Å². The van der Waals surface area contributed by atoms with Crippen LogP contribution >= 0.6 is 0 Å². The van der Waals surface area contributed by atoms with Crippen molar-refractivity contribution >= 4 is 11.6 Å². The molecule has 1 aliphatic heterocycles. The van der Waals surface area contributed by atoms with Crippen LogP contribution < -0.4 is 15.5 Å². The zero-order valence-electron chi connectivity index (χ0n) is 18.5. The largest absolute Gasteiger partial charge is 0.389 e.